The predicted octanol–water partition coefficient (Wildman–Crippen LogP) is 1.67. The van der Waals surface area contributed by atoms with Crippen LogP contribution < -0.4 is 0 Å². The van der Waals surface area contributed by atoms with Gasteiger partial charge in [0.15, 0.2) is 5.78 Å². The monoisotopic (exact) mass is 277 g/mol. The molecule has 0 bridgehead atoms. The van der Waals surface area contributed by atoms with Gasteiger partial charge in [-0.25, -0.2) is 0 Å². The van der Waals surface area contributed by atoms with Crippen LogP contribution in [0.15, 0.2) is 24.3 Å². The molecule has 0 amide bonds. The zero-order chi connectivity index (χ0) is 13.8. The highest BCUT2D eigenvalue weighted by Gasteiger charge is 2.30. The number of carbonyl (C=O) groups is 1. The van der Waals surface area contributed by atoms with Crippen molar-refractivity contribution in [2.24, 2.45) is 0 Å². The first-order chi connectivity index (χ1) is 9.11. The van der Waals surface area contributed by atoms with Crippen molar-refractivity contribution < 1.29 is 13.7 Å². The molecule has 4 nitrogen and oxygen atoms in total. The van der Waals surface area contributed by atoms with Crippen LogP contribution in [0.25, 0.3) is 0 Å². The number of Topliss-reactive ketones (excluding diaryl/α,β-unsaturated/α-hetero) is 1. The van der Waals surface area contributed by atoms with Gasteiger partial charge in [0.2, 0.25) is 0 Å². The zero-order valence-corrected chi connectivity index (χ0v) is 11.5. The lowest BCUT2D eigenvalue weighted by Crippen LogP contribution is -2.27. The van der Waals surface area contributed by atoms with Crippen LogP contribution in [0.2, 0.25) is 0 Å². The number of hydrogen-bond acceptors (Lipinski definition) is 4. The summed E-state index contributed by atoms with van der Waals surface area (Å²) in [6.45, 7) is 2.50. The van der Waals surface area contributed by atoms with E-state index < -0.39 is 10.8 Å². The van der Waals surface area contributed by atoms with E-state index in [9.17, 15) is 9.00 Å². The first-order valence-corrected chi connectivity index (χ1v) is 7.52. The Morgan fingerprint density at radius 3 is 2.68 bits per heavy atom. The van der Waals surface area contributed by atoms with Gasteiger partial charge in [0, 0.05) is 23.0 Å². The van der Waals surface area contributed by atoms with Crippen molar-refractivity contribution >= 4 is 16.6 Å². The molecule has 1 aromatic carbocycles. The topological polar surface area (TPSA) is 67.2 Å². The quantitative estimate of drug-likeness (QED) is 0.785. The smallest absolute Gasteiger partial charge is 0.175 e. The van der Waals surface area contributed by atoms with E-state index in [2.05, 4.69) is 0 Å². The van der Waals surface area contributed by atoms with Gasteiger partial charge in [0.25, 0.3) is 0 Å². The van der Waals surface area contributed by atoms with Gasteiger partial charge in [-0.1, -0.05) is 12.1 Å². The summed E-state index contributed by atoms with van der Waals surface area (Å²) < 4.78 is 17.5. The fourth-order valence-electron chi connectivity index (χ4n) is 2.11. The summed E-state index contributed by atoms with van der Waals surface area (Å²) in [5, 5.41) is 8.63. The molecule has 3 atom stereocenters. The van der Waals surface area contributed by atoms with Gasteiger partial charge >= 0.3 is 0 Å². The average molecular weight is 277 g/mol. The van der Waals surface area contributed by atoms with Gasteiger partial charge in [-0.05, 0) is 25.5 Å². The number of hydrogen-bond donors (Lipinski definition) is 0. The second-order valence-corrected chi connectivity index (χ2v) is 6.20. The van der Waals surface area contributed by atoms with Crippen LogP contribution in [-0.4, -0.2) is 33.7 Å². The van der Waals surface area contributed by atoms with Crippen molar-refractivity contribution in [1.82, 2.24) is 0 Å². The molecule has 1 heterocycles. The van der Waals surface area contributed by atoms with Crippen LogP contribution in [0.4, 0.5) is 0 Å². The molecule has 5 heteroatoms. The number of nitriles is 1. The van der Waals surface area contributed by atoms with Gasteiger partial charge in [-0.3, -0.25) is 9.00 Å². The number of ether oxygens (including phenoxy) is 1. The third-order valence-corrected chi connectivity index (χ3v) is 5.09. The molecule has 19 heavy (non-hydrogen) atoms. The number of ketones is 1. The van der Waals surface area contributed by atoms with E-state index in [0.29, 0.717) is 17.7 Å². The summed E-state index contributed by atoms with van der Waals surface area (Å²) in [6, 6.07) is 8.39. The van der Waals surface area contributed by atoms with E-state index in [0.717, 1.165) is 6.42 Å². The molecule has 1 aliphatic rings. The average Bonchev–Trinajstić information content (AvgIpc) is 2.85. The Hall–Kier alpha value is -1.51. The van der Waals surface area contributed by atoms with Gasteiger partial charge in [0.05, 0.1) is 28.7 Å². The van der Waals surface area contributed by atoms with Crippen molar-refractivity contribution in [3.8, 4) is 6.07 Å². The number of nitrogens with zero attached hydrogens (tertiary/aromatic N) is 1. The molecule has 3 unspecified atom stereocenters. The van der Waals surface area contributed by atoms with Crippen LogP contribution in [-0.2, 0) is 15.5 Å². The molecule has 0 aliphatic carbocycles. The van der Waals surface area contributed by atoms with Gasteiger partial charge in [-0.15, -0.1) is 0 Å². The van der Waals surface area contributed by atoms with Crippen molar-refractivity contribution in [1.29, 1.82) is 5.26 Å². The van der Waals surface area contributed by atoms with Crippen LogP contribution in [0.3, 0.4) is 0 Å². The molecule has 1 aliphatic heterocycles. The van der Waals surface area contributed by atoms with Gasteiger partial charge in [0.1, 0.15) is 0 Å². The van der Waals surface area contributed by atoms with Crippen molar-refractivity contribution in [3.63, 3.8) is 0 Å². The first-order valence-electron chi connectivity index (χ1n) is 6.14. The maximum Gasteiger partial charge on any atom is 0.175 e. The predicted molar refractivity (Wildman–Crippen MR) is 72.3 cm³/mol. The lowest BCUT2D eigenvalue weighted by molar-refractivity contribution is 0.102. The highest BCUT2D eigenvalue weighted by molar-refractivity contribution is 7.86. The summed E-state index contributed by atoms with van der Waals surface area (Å²) in [5.74, 6) is -0.133. The Kier molecular flexibility index (Phi) is 4.46. The van der Waals surface area contributed by atoms with Crippen LogP contribution in [0, 0.1) is 11.3 Å². The van der Waals surface area contributed by atoms with E-state index in [1.54, 1.807) is 24.3 Å². The second-order valence-electron chi connectivity index (χ2n) is 4.54. The molecule has 100 valence electrons. The van der Waals surface area contributed by atoms with Crippen LogP contribution >= 0.6 is 0 Å². The fourth-order valence-corrected chi connectivity index (χ4v) is 3.61. The Morgan fingerprint density at radius 1 is 1.47 bits per heavy atom. The Balaban J connectivity index is 2.00. The molecule has 0 spiro atoms. The first kappa shape index (κ1) is 13.9. The van der Waals surface area contributed by atoms with Crippen molar-refractivity contribution in [3.05, 3.63) is 35.4 Å². The highest BCUT2D eigenvalue weighted by atomic mass is 32.2. The number of rotatable bonds is 4. The Bertz CT molecular complexity index is 533. The van der Waals surface area contributed by atoms with Crippen LogP contribution in [0.1, 0.15) is 29.3 Å². The highest BCUT2D eigenvalue weighted by Crippen LogP contribution is 2.19. The zero-order valence-electron chi connectivity index (χ0n) is 10.7. The second kappa shape index (κ2) is 6.09. The maximum atomic E-state index is 12.1. The lowest BCUT2D eigenvalue weighted by Gasteiger charge is -2.13. The van der Waals surface area contributed by atoms with E-state index in [1.165, 1.54) is 0 Å². The Morgan fingerprint density at radius 2 is 2.16 bits per heavy atom. The maximum absolute atomic E-state index is 12.1. The van der Waals surface area contributed by atoms with Gasteiger partial charge in [-0.2, -0.15) is 5.26 Å². The summed E-state index contributed by atoms with van der Waals surface area (Å²) in [4.78, 5) is 12.0. The molecule has 0 radical (unpaired) electrons. The van der Waals surface area contributed by atoms with Crippen molar-refractivity contribution in [2.45, 2.75) is 24.7 Å². The Labute approximate surface area is 114 Å². The minimum absolute atomic E-state index is 0.0181. The summed E-state index contributed by atoms with van der Waals surface area (Å²) in [6.07, 6.45) is 0.698. The molecular weight excluding hydrogens is 262 g/mol. The molecule has 1 saturated heterocycles. The third-order valence-electron chi connectivity index (χ3n) is 3.25. The normalized spacial score (nSPS) is 23.8. The van der Waals surface area contributed by atoms with Crippen molar-refractivity contribution in [2.75, 3.05) is 12.4 Å². The third kappa shape index (κ3) is 3.28. The minimum Gasteiger partial charge on any atom is -0.377 e. The molecule has 0 aromatic heterocycles. The molecule has 2 rings (SSSR count). The molecule has 0 N–H and O–H groups in total. The standard InChI is InChI=1S/C14H15NO3S/c1-10-14(6-7-18-10)19(17)9-13(16)12-4-2-11(8-15)3-5-12/h2-5,10,14H,6-7,9H2,1H3. The largest absolute Gasteiger partial charge is 0.377 e. The van der Waals surface area contributed by atoms with E-state index in [-0.39, 0.29) is 22.9 Å². The minimum atomic E-state index is -1.20. The fraction of sp³-hybridized carbons (Fsp3) is 0.429. The molecular formula is C14H15NO3S. The number of benzene rings is 1. The van der Waals surface area contributed by atoms with Crippen LogP contribution in [0.5, 0.6) is 0 Å². The SMILES string of the molecule is CC1OCCC1S(=O)CC(=O)c1ccc(C#N)cc1. The summed E-state index contributed by atoms with van der Waals surface area (Å²) in [7, 11) is -1.20. The van der Waals surface area contributed by atoms with Gasteiger partial charge < -0.3 is 4.74 Å². The molecule has 0 saturated carbocycles. The molecule has 1 aromatic rings. The van der Waals surface area contributed by atoms with E-state index in [1.807, 2.05) is 13.0 Å². The summed E-state index contributed by atoms with van der Waals surface area (Å²) in [5.41, 5.74) is 1.01. The number of carbonyl (C=O) groups excluding carboxylic acids is 1. The van der Waals surface area contributed by atoms with E-state index in [4.69, 9.17) is 10.00 Å². The molecule has 1 fully saturated rings. The lowest BCUT2D eigenvalue weighted by atomic mass is 10.1. The van der Waals surface area contributed by atoms with E-state index >= 15 is 0 Å². The summed E-state index contributed by atoms with van der Waals surface area (Å²) >= 11 is 0.